The number of nitrogens with one attached hydrogen (secondary N) is 1. The van der Waals surface area contributed by atoms with Gasteiger partial charge in [-0.1, -0.05) is 13.8 Å². The molecule has 0 aliphatic carbocycles. The molecule has 2 rings (SSSR count). The average molecular weight is 265 g/mol. The molecule has 2 aromatic heterocycles. The smallest absolute Gasteiger partial charge is 0.294 e. The van der Waals surface area contributed by atoms with Crippen LogP contribution >= 0.6 is 11.3 Å². The molecule has 0 unspecified atom stereocenters. The number of aromatic amines is 1. The van der Waals surface area contributed by atoms with E-state index in [0.717, 1.165) is 17.1 Å². The lowest BCUT2D eigenvalue weighted by molar-refractivity contribution is 0.695. The molecule has 0 spiro atoms. The Morgan fingerprint density at radius 3 is 2.72 bits per heavy atom. The second-order valence-corrected chi connectivity index (χ2v) is 4.92. The maximum Gasteiger partial charge on any atom is 0.328 e. The first-order valence-electron chi connectivity index (χ1n) is 5.90. The summed E-state index contributed by atoms with van der Waals surface area (Å²) in [5, 5.41) is 3.00. The van der Waals surface area contributed by atoms with Gasteiger partial charge in [-0.3, -0.25) is 14.3 Å². The van der Waals surface area contributed by atoms with Crippen molar-refractivity contribution in [2.45, 2.75) is 33.2 Å². The lowest BCUT2D eigenvalue weighted by Crippen LogP contribution is -2.31. The van der Waals surface area contributed by atoms with Crippen molar-refractivity contribution in [1.82, 2.24) is 14.5 Å². The summed E-state index contributed by atoms with van der Waals surface area (Å²) in [5.41, 5.74) is 0.781. The first kappa shape index (κ1) is 12.8. The number of hydrogen-bond acceptors (Lipinski definition) is 4. The first-order valence-corrected chi connectivity index (χ1v) is 6.78. The molecule has 6 heteroatoms. The van der Waals surface area contributed by atoms with Crippen LogP contribution in [0.15, 0.2) is 21.2 Å². The number of aromatic nitrogens is 3. The number of H-pyrrole nitrogens is 1. The standard InChI is InChI=1S/C12H15N3O2S/c1-3-8-5-15(12(17)14-11(8)16)6-9-7-18-10(4-2)13-9/h5,7H,3-4,6H2,1-2H3,(H,14,16,17). The van der Waals surface area contributed by atoms with Crippen LogP contribution in [0, 0.1) is 0 Å². The molecule has 0 saturated carbocycles. The van der Waals surface area contributed by atoms with Gasteiger partial charge in [-0.05, 0) is 12.8 Å². The van der Waals surface area contributed by atoms with E-state index in [4.69, 9.17) is 0 Å². The maximum atomic E-state index is 11.7. The van der Waals surface area contributed by atoms with Gasteiger partial charge >= 0.3 is 5.69 Å². The van der Waals surface area contributed by atoms with Crippen molar-refractivity contribution in [3.63, 3.8) is 0 Å². The van der Waals surface area contributed by atoms with Crippen molar-refractivity contribution in [3.05, 3.63) is 48.7 Å². The lowest BCUT2D eigenvalue weighted by Gasteiger charge is -2.04. The van der Waals surface area contributed by atoms with Crippen LogP contribution in [0.4, 0.5) is 0 Å². The fraction of sp³-hybridized carbons (Fsp3) is 0.417. The van der Waals surface area contributed by atoms with E-state index in [-0.39, 0.29) is 11.2 Å². The van der Waals surface area contributed by atoms with E-state index in [1.807, 2.05) is 19.2 Å². The number of aryl methyl sites for hydroxylation is 2. The van der Waals surface area contributed by atoms with Gasteiger partial charge in [0.15, 0.2) is 0 Å². The van der Waals surface area contributed by atoms with Crippen molar-refractivity contribution in [2.75, 3.05) is 0 Å². The van der Waals surface area contributed by atoms with Gasteiger partial charge in [0.25, 0.3) is 5.56 Å². The van der Waals surface area contributed by atoms with E-state index >= 15 is 0 Å². The molecule has 0 bridgehead atoms. The minimum Gasteiger partial charge on any atom is -0.294 e. The summed E-state index contributed by atoms with van der Waals surface area (Å²) < 4.78 is 1.49. The number of thiazole rings is 1. The summed E-state index contributed by atoms with van der Waals surface area (Å²) in [4.78, 5) is 29.9. The Labute approximate surface area is 108 Å². The summed E-state index contributed by atoms with van der Waals surface area (Å²) >= 11 is 1.59. The van der Waals surface area contributed by atoms with E-state index in [1.165, 1.54) is 4.57 Å². The summed E-state index contributed by atoms with van der Waals surface area (Å²) in [6.45, 7) is 4.33. The van der Waals surface area contributed by atoms with Crippen molar-refractivity contribution < 1.29 is 0 Å². The molecule has 96 valence electrons. The summed E-state index contributed by atoms with van der Waals surface area (Å²) in [6.07, 6.45) is 3.12. The van der Waals surface area contributed by atoms with Gasteiger partial charge in [0.1, 0.15) is 0 Å². The van der Waals surface area contributed by atoms with Crippen LogP contribution in [-0.2, 0) is 19.4 Å². The molecule has 18 heavy (non-hydrogen) atoms. The van der Waals surface area contributed by atoms with Gasteiger partial charge in [0.2, 0.25) is 0 Å². The molecule has 2 aromatic rings. The zero-order chi connectivity index (χ0) is 13.1. The predicted molar refractivity (Wildman–Crippen MR) is 71.3 cm³/mol. The number of nitrogens with zero attached hydrogens (tertiary/aromatic N) is 2. The highest BCUT2D eigenvalue weighted by Gasteiger charge is 2.06. The largest absolute Gasteiger partial charge is 0.328 e. The quantitative estimate of drug-likeness (QED) is 0.902. The molecule has 5 nitrogen and oxygen atoms in total. The fourth-order valence-electron chi connectivity index (χ4n) is 1.68. The second-order valence-electron chi connectivity index (χ2n) is 3.98. The molecule has 1 N–H and O–H groups in total. The minimum absolute atomic E-state index is 0.300. The highest BCUT2D eigenvalue weighted by atomic mass is 32.1. The Morgan fingerprint density at radius 2 is 2.11 bits per heavy atom. The van der Waals surface area contributed by atoms with Crippen molar-refractivity contribution >= 4 is 11.3 Å². The van der Waals surface area contributed by atoms with Gasteiger partial charge < -0.3 is 0 Å². The lowest BCUT2D eigenvalue weighted by atomic mass is 10.2. The third kappa shape index (κ3) is 2.59. The monoisotopic (exact) mass is 265 g/mol. The zero-order valence-electron chi connectivity index (χ0n) is 10.4. The zero-order valence-corrected chi connectivity index (χ0v) is 11.2. The molecule has 0 aliphatic rings. The van der Waals surface area contributed by atoms with Gasteiger partial charge in [0, 0.05) is 17.1 Å². The van der Waals surface area contributed by atoms with Gasteiger partial charge in [-0.25, -0.2) is 9.78 Å². The SMILES string of the molecule is CCc1nc(Cn2cc(CC)c(=O)[nH]c2=O)cs1. The molecule has 0 fully saturated rings. The average Bonchev–Trinajstić information content (AvgIpc) is 2.80. The van der Waals surface area contributed by atoms with Gasteiger partial charge in [0.05, 0.1) is 17.2 Å². The van der Waals surface area contributed by atoms with Crippen LogP contribution < -0.4 is 11.2 Å². The van der Waals surface area contributed by atoms with Crippen LogP contribution in [0.25, 0.3) is 0 Å². The first-order chi connectivity index (χ1) is 8.63. The van der Waals surface area contributed by atoms with Crippen LogP contribution in [0.3, 0.4) is 0 Å². The van der Waals surface area contributed by atoms with Crippen molar-refractivity contribution in [2.24, 2.45) is 0 Å². The predicted octanol–water partition coefficient (Wildman–Crippen LogP) is 1.17. The summed E-state index contributed by atoms with van der Waals surface area (Å²) in [6, 6.07) is 0. The van der Waals surface area contributed by atoms with Gasteiger partial charge in [-0.15, -0.1) is 11.3 Å². The van der Waals surface area contributed by atoms with Crippen molar-refractivity contribution in [3.8, 4) is 0 Å². The molecule has 0 radical (unpaired) electrons. The third-order valence-electron chi connectivity index (χ3n) is 2.70. The molecular formula is C12H15N3O2S. The normalized spacial score (nSPS) is 10.8. The molecule has 0 atom stereocenters. The second kappa shape index (κ2) is 5.30. The Morgan fingerprint density at radius 1 is 1.33 bits per heavy atom. The number of rotatable bonds is 4. The molecular weight excluding hydrogens is 250 g/mol. The Kier molecular flexibility index (Phi) is 3.76. The minimum atomic E-state index is -0.386. The molecule has 0 amide bonds. The van der Waals surface area contributed by atoms with Crippen LogP contribution in [-0.4, -0.2) is 14.5 Å². The Bertz CT molecular complexity index is 654. The highest BCUT2D eigenvalue weighted by Crippen LogP contribution is 2.10. The highest BCUT2D eigenvalue weighted by molar-refractivity contribution is 7.09. The topological polar surface area (TPSA) is 67.8 Å². The van der Waals surface area contributed by atoms with E-state index in [9.17, 15) is 9.59 Å². The molecule has 0 saturated heterocycles. The summed E-state index contributed by atoms with van der Waals surface area (Å²) in [7, 11) is 0. The van der Waals surface area contributed by atoms with Crippen LogP contribution in [0.2, 0.25) is 0 Å². The van der Waals surface area contributed by atoms with E-state index < -0.39 is 0 Å². The maximum absolute atomic E-state index is 11.7. The van der Waals surface area contributed by atoms with Crippen molar-refractivity contribution in [1.29, 1.82) is 0 Å². The van der Waals surface area contributed by atoms with Crippen LogP contribution in [0.5, 0.6) is 0 Å². The van der Waals surface area contributed by atoms with Gasteiger partial charge in [-0.2, -0.15) is 0 Å². The summed E-state index contributed by atoms with van der Waals surface area (Å²) in [5.74, 6) is 0. The van der Waals surface area contributed by atoms with E-state index in [0.29, 0.717) is 18.5 Å². The number of hydrogen-bond donors (Lipinski definition) is 1. The fourth-order valence-corrected chi connectivity index (χ4v) is 2.42. The van der Waals surface area contributed by atoms with E-state index in [1.54, 1.807) is 17.5 Å². The third-order valence-corrected chi connectivity index (χ3v) is 3.74. The molecule has 0 aliphatic heterocycles. The molecule has 0 aromatic carbocycles. The molecule has 2 heterocycles. The Balaban J connectivity index is 2.34. The van der Waals surface area contributed by atoms with E-state index in [2.05, 4.69) is 9.97 Å². The van der Waals surface area contributed by atoms with Crippen LogP contribution in [0.1, 0.15) is 30.1 Å². The Hall–Kier alpha value is -1.69.